The lowest BCUT2D eigenvalue weighted by Gasteiger charge is -2.06. The maximum atomic E-state index is 11.2. The lowest BCUT2D eigenvalue weighted by molar-refractivity contribution is -0.137. The highest BCUT2D eigenvalue weighted by Gasteiger charge is 2.03. The molecule has 1 rings (SSSR count). The molecule has 1 aromatic rings. The topological polar surface area (TPSA) is 87.7 Å². The van der Waals surface area contributed by atoms with Crippen molar-refractivity contribution in [2.45, 2.75) is 6.54 Å². The number of amides is 1. The van der Waals surface area contributed by atoms with Crippen molar-refractivity contribution in [3.63, 3.8) is 0 Å². The van der Waals surface area contributed by atoms with Crippen molar-refractivity contribution in [1.82, 2.24) is 10.6 Å². The smallest absolute Gasteiger partial charge is 0.322 e. The first-order valence-electron chi connectivity index (χ1n) is 5.44. The van der Waals surface area contributed by atoms with Crippen LogP contribution in [0.3, 0.4) is 0 Å². The van der Waals surface area contributed by atoms with Gasteiger partial charge in [0.05, 0.1) is 13.7 Å². The monoisotopic (exact) mass is 252 g/mol. The maximum absolute atomic E-state index is 11.2. The number of methoxy groups -OCH3 is 1. The van der Waals surface area contributed by atoms with Crippen molar-refractivity contribution in [2.75, 3.05) is 20.2 Å². The number of rotatable bonds is 7. The molecule has 98 valence electrons. The summed E-state index contributed by atoms with van der Waals surface area (Å²) >= 11 is 0. The van der Waals surface area contributed by atoms with Gasteiger partial charge >= 0.3 is 5.97 Å². The first-order chi connectivity index (χ1) is 8.61. The van der Waals surface area contributed by atoms with Crippen LogP contribution in [0.2, 0.25) is 0 Å². The van der Waals surface area contributed by atoms with Gasteiger partial charge in [-0.15, -0.1) is 0 Å². The van der Waals surface area contributed by atoms with Crippen molar-refractivity contribution in [3.05, 3.63) is 29.8 Å². The number of ether oxygens (including phenoxy) is 1. The van der Waals surface area contributed by atoms with Crippen LogP contribution in [0, 0.1) is 0 Å². The number of carbonyl (C=O) groups excluding carboxylic acids is 1. The Hall–Kier alpha value is -2.08. The van der Waals surface area contributed by atoms with Gasteiger partial charge in [0.1, 0.15) is 12.3 Å². The minimum atomic E-state index is -1.06. The fourth-order valence-corrected chi connectivity index (χ4v) is 1.30. The average Bonchev–Trinajstić information content (AvgIpc) is 2.37. The van der Waals surface area contributed by atoms with Crippen molar-refractivity contribution in [2.24, 2.45) is 0 Å². The second-order valence-electron chi connectivity index (χ2n) is 3.62. The van der Waals surface area contributed by atoms with Gasteiger partial charge in [0.2, 0.25) is 5.91 Å². The Kier molecular flexibility index (Phi) is 5.66. The largest absolute Gasteiger partial charge is 0.497 e. The van der Waals surface area contributed by atoms with Gasteiger partial charge in [0, 0.05) is 6.54 Å². The zero-order chi connectivity index (χ0) is 13.4. The lowest BCUT2D eigenvalue weighted by Crippen LogP contribution is -2.36. The van der Waals surface area contributed by atoms with Crippen LogP contribution in [-0.2, 0) is 16.1 Å². The third-order valence-corrected chi connectivity index (χ3v) is 2.21. The summed E-state index contributed by atoms with van der Waals surface area (Å²) in [6.45, 7) is 0.257. The number of benzene rings is 1. The highest BCUT2D eigenvalue weighted by Crippen LogP contribution is 2.10. The molecule has 3 N–H and O–H groups in total. The van der Waals surface area contributed by atoms with Crippen LogP contribution in [-0.4, -0.2) is 37.2 Å². The molecule has 0 radical (unpaired) electrons. The Labute approximate surface area is 105 Å². The van der Waals surface area contributed by atoms with E-state index in [1.165, 1.54) is 0 Å². The Morgan fingerprint density at radius 1 is 1.22 bits per heavy atom. The number of carbonyl (C=O) groups is 2. The molecule has 0 saturated heterocycles. The minimum Gasteiger partial charge on any atom is -0.497 e. The predicted molar refractivity (Wildman–Crippen MR) is 65.3 cm³/mol. The van der Waals surface area contributed by atoms with Crippen molar-refractivity contribution < 1.29 is 19.4 Å². The van der Waals surface area contributed by atoms with E-state index in [-0.39, 0.29) is 19.0 Å². The highest BCUT2D eigenvalue weighted by molar-refractivity contribution is 5.82. The van der Waals surface area contributed by atoms with E-state index in [2.05, 4.69) is 10.6 Å². The minimum absolute atomic E-state index is 0.0826. The van der Waals surface area contributed by atoms with E-state index in [0.29, 0.717) is 6.54 Å². The van der Waals surface area contributed by atoms with Crippen molar-refractivity contribution in [3.8, 4) is 5.75 Å². The van der Waals surface area contributed by atoms with Crippen LogP contribution >= 0.6 is 0 Å². The van der Waals surface area contributed by atoms with Gasteiger partial charge < -0.3 is 20.5 Å². The van der Waals surface area contributed by atoms with E-state index in [1.54, 1.807) is 7.11 Å². The Morgan fingerprint density at radius 2 is 1.89 bits per heavy atom. The Morgan fingerprint density at radius 3 is 2.44 bits per heavy atom. The molecule has 0 fully saturated rings. The molecular formula is C12H16N2O4. The number of carboxylic acid groups (broad SMARTS) is 1. The molecule has 0 aliphatic rings. The van der Waals surface area contributed by atoms with E-state index >= 15 is 0 Å². The number of aliphatic carboxylic acids is 1. The van der Waals surface area contributed by atoms with Crippen LogP contribution in [0.15, 0.2) is 24.3 Å². The van der Waals surface area contributed by atoms with Gasteiger partial charge in [-0.2, -0.15) is 0 Å². The molecule has 6 heteroatoms. The summed E-state index contributed by atoms with van der Waals surface area (Å²) in [6, 6.07) is 7.45. The van der Waals surface area contributed by atoms with E-state index in [4.69, 9.17) is 9.84 Å². The van der Waals surface area contributed by atoms with Gasteiger partial charge in [-0.3, -0.25) is 9.59 Å². The van der Waals surface area contributed by atoms with Gasteiger partial charge in [0.25, 0.3) is 0 Å². The number of nitrogens with one attached hydrogen (secondary N) is 2. The zero-order valence-electron chi connectivity index (χ0n) is 10.1. The van der Waals surface area contributed by atoms with Crippen molar-refractivity contribution in [1.29, 1.82) is 0 Å². The lowest BCUT2D eigenvalue weighted by atomic mass is 10.2. The second kappa shape index (κ2) is 7.29. The first-order valence-corrected chi connectivity index (χ1v) is 5.44. The van der Waals surface area contributed by atoms with Gasteiger partial charge in [0.15, 0.2) is 0 Å². The average molecular weight is 252 g/mol. The van der Waals surface area contributed by atoms with Crippen molar-refractivity contribution >= 4 is 11.9 Å². The molecule has 0 saturated carbocycles. The maximum Gasteiger partial charge on any atom is 0.322 e. The van der Waals surface area contributed by atoms with Gasteiger partial charge in [-0.05, 0) is 17.7 Å². The fraction of sp³-hybridized carbons (Fsp3) is 0.333. The number of carboxylic acids is 1. The van der Waals surface area contributed by atoms with E-state index in [1.807, 2.05) is 24.3 Å². The molecule has 18 heavy (non-hydrogen) atoms. The Balaban J connectivity index is 2.24. The molecule has 0 aliphatic carbocycles. The van der Waals surface area contributed by atoms with Gasteiger partial charge in [-0.25, -0.2) is 0 Å². The molecule has 1 amide bonds. The molecule has 6 nitrogen and oxygen atoms in total. The summed E-state index contributed by atoms with van der Waals surface area (Å²) in [7, 11) is 1.60. The molecule has 1 aromatic carbocycles. The molecule has 0 aromatic heterocycles. The third kappa shape index (κ3) is 5.31. The summed E-state index contributed by atoms with van der Waals surface area (Å²) < 4.78 is 5.03. The summed E-state index contributed by atoms with van der Waals surface area (Å²) in [5.41, 5.74) is 1.02. The van der Waals surface area contributed by atoms with Crippen LogP contribution in [0.25, 0.3) is 0 Å². The second-order valence-corrected chi connectivity index (χ2v) is 3.62. The normalized spacial score (nSPS) is 9.83. The van der Waals surface area contributed by atoms with Crippen LogP contribution in [0.5, 0.6) is 5.75 Å². The number of hydrogen-bond donors (Lipinski definition) is 3. The van der Waals surface area contributed by atoms with Gasteiger partial charge in [-0.1, -0.05) is 12.1 Å². The molecule has 0 atom stereocenters. The summed E-state index contributed by atoms with van der Waals surface area (Å²) in [5, 5.41) is 13.6. The molecule has 0 bridgehead atoms. The fourth-order valence-electron chi connectivity index (χ4n) is 1.30. The summed E-state index contributed by atoms with van der Waals surface area (Å²) in [5.74, 6) is -0.623. The van der Waals surface area contributed by atoms with E-state index in [0.717, 1.165) is 11.3 Å². The molecule has 0 spiro atoms. The molecule has 0 unspecified atom stereocenters. The highest BCUT2D eigenvalue weighted by atomic mass is 16.5. The van der Waals surface area contributed by atoms with E-state index < -0.39 is 5.97 Å². The Bertz CT molecular complexity index is 403. The van der Waals surface area contributed by atoms with Crippen LogP contribution < -0.4 is 15.4 Å². The summed E-state index contributed by atoms with van der Waals surface area (Å²) in [6.07, 6.45) is 0. The third-order valence-electron chi connectivity index (χ3n) is 2.21. The SMILES string of the molecule is COc1ccc(CNCC(=O)NCC(=O)O)cc1. The quantitative estimate of drug-likeness (QED) is 0.635. The standard InChI is InChI=1S/C12H16N2O4/c1-18-10-4-2-9(3-5-10)6-13-7-11(15)14-8-12(16)17/h2-5,13H,6-8H2,1H3,(H,14,15)(H,16,17). The predicted octanol–water partition coefficient (Wildman–Crippen LogP) is -0.0144. The number of hydrogen-bond acceptors (Lipinski definition) is 4. The summed E-state index contributed by atoms with van der Waals surface area (Å²) in [4.78, 5) is 21.4. The molecule has 0 heterocycles. The zero-order valence-corrected chi connectivity index (χ0v) is 10.1. The first kappa shape index (κ1) is 14.0. The van der Waals surface area contributed by atoms with Crippen LogP contribution in [0.1, 0.15) is 5.56 Å². The molecule has 0 aliphatic heterocycles. The molecular weight excluding hydrogens is 236 g/mol. The van der Waals surface area contributed by atoms with Crippen LogP contribution in [0.4, 0.5) is 0 Å². The van der Waals surface area contributed by atoms with E-state index in [9.17, 15) is 9.59 Å².